The second-order valence-electron chi connectivity index (χ2n) is 6.66. The van der Waals surface area contributed by atoms with Crippen molar-refractivity contribution in [3.63, 3.8) is 0 Å². The second-order valence-corrected chi connectivity index (χ2v) is 6.66. The number of hydrogen-bond donors (Lipinski definition) is 1. The minimum atomic E-state index is -0.285. The van der Waals surface area contributed by atoms with Gasteiger partial charge in [-0.2, -0.15) is 0 Å². The number of benzene rings is 1. The molecule has 3 rings (SSSR count). The summed E-state index contributed by atoms with van der Waals surface area (Å²) in [5.74, 6) is 0.760. The molecule has 2 saturated heterocycles. The molecule has 0 saturated carbocycles. The Balaban J connectivity index is 0.00000192. The molecule has 2 aliphatic rings. The van der Waals surface area contributed by atoms with Gasteiger partial charge in [0.25, 0.3) is 0 Å². The highest BCUT2D eigenvalue weighted by atomic mass is 35.5. The number of nitrogens with zero attached hydrogens (tertiary/aromatic N) is 1. The molecular weight excluding hydrogens is 315 g/mol. The van der Waals surface area contributed by atoms with Crippen molar-refractivity contribution < 1.29 is 9.18 Å². The Hall–Kier alpha value is -0.970. The topological polar surface area (TPSA) is 32.3 Å². The van der Waals surface area contributed by atoms with Crippen molar-refractivity contribution in [3.8, 4) is 0 Å². The van der Waals surface area contributed by atoms with Gasteiger partial charge in [-0.15, -0.1) is 12.4 Å². The lowest BCUT2D eigenvalue weighted by Crippen LogP contribution is -2.42. The third kappa shape index (κ3) is 5.00. The maximum absolute atomic E-state index is 12.9. The Kier molecular flexibility index (Phi) is 7.00. The van der Waals surface area contributed by atoms with Crippen LogP contribution in [0.4, 0.5) is 4.39 Å². The monoisotopic (exact) mass is 340 g/mol. The van der Waals surface area contributed by atoms with Gasteiger partial charge in [-0.3, -0.25) is 4.79 Å². The quantitative estimate of drug-likeness (QED) is 0.855. The number of piperidine rings is 2. The number of nitrogens with one attached hydrogen (secondary N) is 1. The molecule has 1 aromatic carbocycles. The molecule has 3 nitrogen and oxygen atoms in total. The van der Waals surface area contributed by atoms with Crippen molar-refractivity contribution in [3.05, 3.63) is 35.6 Å². The van der Waals surface area contributed by atoms with E-state index in [1.54, 1.807) is 12.1 Å². The Morgan fingerprint density at radius 1 is 1.17 bits per heavy atom. The van der Waals surface area contributed by atoms with Crippen LogP contribution in [-0.4, -0.2) is 43.4 Å². The van der Waals surface area contributed by atoms with Crippen LogP contribution in [0.1, 0.15) is 36.0 Å². The summed E-state index contributed by atoms with van der Waals surface area (Å²) in [6.07, 6.45) is 4.46. The van der Waals surface area contributed by atoms with Gasteiger partial charge < -0.3 is 10.2 Å². The highest BCUT2D eigenvalue weighted by molar-refractivity contribution is 5.97. The summed E-state index contributed by atoms with van der Waals surface area (Å²) in [5.41, 5.74) is 0.649. The summed E-state index contributed by atoms with van der Waals surface area (Å²) in [5, 5.41) is 3.47. The largest absolute Gasteiger partial charge is 0.316 e. The molecule has 0 radical (unpaired) electrons. The molecule has 1 N–H and O–H groups in total. The molecule has 1 unspecified atom stereocenters. The standard InChI is InChI=1S/C18H25FN2O.ClH/c19-17-5-3-15(4-6-17)18(22)16-7-10-21(11-8-16)13-14-2-1-9-20-12-14;/h3-6,14,16,20H,1-2,7-13H2;1H. The molecule has 0 spiro atoms. The van der Waals surface area contributed by atoms with Crippen LogP contribution in [0, 0.1) is 17.7 Å². The fourth-order valence-corrected chi connectivity index (χ4v) is 3.67. The molecule has 2 fully saturated rings. The average molecular weight is 341 g/mol. The number of hydrogen-bond acceptors (Lipinski definition) is 3. The Morgan fingerprint density at radius 2 is 1.87 bits per heavy atom. The van der Waals surface area contributed by atoms with Gasteiger partial charge in [0, 0.05) is 18.0 Å². The maximum atomic E-state index is 12.9. The number of rotatable bonds is 4. The van der Waals surface area contributed by atoms with Gasteiger partial charge in [-0.1, -0.05) is 0 Å². The summed E-state index contributed by atoms with van der Waals surface area (Å²) in [7, 11) is 0. The van der Waals surface area contributed by atoms with Crippen molar-refractivity contribution in [2.75, 3.05) is 32.7 Å². The lowest BCUT2D eigenvalue weighted by molar-refractivity contribution is 0.0820. The average Bonchev–Trinajstić information content (AvgIpc) is 2.57. The van der Waals surface area contributed by atoms with E-state index in [2.05, 4.69) is 10.2 Å². The van der Waals surface area contributed by atoms with Crippen LogP contribution in [-0.2, 0) is 0 Å². The summed E-state index contributed by atoms with van der Waals surface area (Å²) >= 11 is 0. The molecule has 2 aliphatic heterocycles. The van der Waals surface area contributed by atoms with E-state index >= 15 is 0 Å². The number of halogens is 2. The van der Waals surface area contributed by atoms with Gasteiger partial charge in [0.05, 0.1) is 0 Å². The maximum Gasteiger partial charge on any atom is 0.166 e. The third-order valence-electron chi connectivity index (χ3n) is 5.00. The smallest absolute Gasteiger partial charge is 0.166 e. The van der Waals surface area contributed by atoms with Crippen molar-refractivity contribution >= 4 is 18.2 Å². The molecule has 0 aromatic heterocycles. The number of carbonyl (C=O) groups excluding carboxylic acids is 1. The lowest BCUT2D eigenvalue weighted by atomic mass is 9.88. The lowest BCUT2D eigenvalue weighted by Gasteiger charge is -2.35. The summed E-state index contributed by atoms with van der Waals surface area (Å²) < 4.78 is 12.9. The third-order valence-corrected chi connectivity index (χ3v) is 5.00. The number of Topliss-reactive ketones (excluding diaryl/α,β-unsaturated/α-hetero) is 1. The van der Waals surface area contributed by atoms with Gasteiger partial charge in [0.2, 0.25) is 0 Å². The van der Waals surface area contributed by atoms with Crippen molar-refractivity contribution in [1.29, 1.82) is 0 Å². The van der Waals surface area contributed by atoms with Gasteiger partial charge in [0.15, 0.2) is 5.78 Å². The zero-order valence-electron chi connectivity index (χ0n) is 13.5. The predicted molar refractivity (Wildman–Crippen MR) is 92.7 cm³/mol. The molecule has 0 aliphatic carbocycles. The first-order valence-corrected chi connectivity index (χ1v) is 8.45. The number of carbonyl (C=O) groups is 1. The van der Waals surface area contributed by atoms with Crippen LogP contribution in [0.2, 0.25) is 0 Å². The van der Waals surface area contributed by atoms with Crippen LogP contribution in [0.25, 0.3) is 0 Å². The molecule has 0 bridgehead atoms. The van der Waals surface area contributed by atoms with E-state index in [9.17, 15) is 9.18 Å². The van der Waals surface area contributed by atoms with E-state index in [1.165, 1.54) is 25.0 Å². The normalized spacial score (nSPS) is 23.3. The molecular formula is C18H26ClFN2O. The van der Waals surface area contributed by atoms with Gasteiger partial charge in [-0.25, -0.2) is 4.39 Å². The number of ketones is 1. The second kappa shape index (κ2) is 8.76. The molecule has 0 amide bonds. The Labute approximate surface area is 144 Å². The highest BCUT2D eigenvalue weighted by Crippen LogP contribution is 2.23. The van der Waals surface area contributed by atoms with Crippen LogP contribution < -0.4 is 5.32 Å². The SMILES string of the molecule is Cl.O=C(c1ccc(F)cc1)C1CCN(CC2CCCNC2)CC1. The molecule has 2 heterocycles. The summed E-state index contributed by atoms with van der Waals surface area (Å²) in [6, 6.07) is 5.96. The minimum Gasteiger partial charge on any atom is -0.316 e. The van der Waals surface area contributed by atoms with E-state index < -0.39 is 0 Å². The van der Waals surface area contributed by atoms with Gasteiger partial charge >= 0.3 is 0 Å². The molecule has 5 heteroatoms. The van der Waals surface area contributed by atoms with E-state index in [-0.39, 0.29) is 29.9 Å². The van der Waals surface area contributed by atoms with E-state index in [0.717, 1.165) is 51.5 Å². The molecule has 1 aromatic rings. The Bertz CT molecular complexity index is 494. The van der Waals surface area contributed by atoms with E-state index in [1.807, 2.05) is 0 Å². The fraction of sp³-hybridized carbons (Fsp3) is 0.611. The van der Waals surface area contributed by atoms with Crippen molar-refractivity contribution in [2.24, 2.45) is 11.8 Å². The fourth-order valence-electron chi connectivity index (χ4n) is 3.67. The van der Waals surface area contributed by atoms with E-state index in [0.29, 0.717) is 5.56 Å². The minimum absolute atomic E-state index is 0. The van der Waals surface area contributed by atoms with Gasteiger partial charge in [-0.05, 0) is 82.0 Å². The molecule has 23 heavy (non-hydrogen) atoms. The first kappa shape index (κ1) is 18.4. The zero-order chi connectivity index (χ0) is 15.4. The summed E-state index contributed by atoms with van der Waals surface area (Å²) in [6.45, 7) is 5.46. The highest BCUT2D eigenvalue weighted by Gasteiger charge is 2.27. The first-order valence-electron chi connectivity index (χ1n) is 8.45. The molecule has 1 atom stereocenters. The van der Waals surface area contributed by atoms with Crippen LogP contribution >= 0.6 is 12.4 Å². The first-order chi connectivity index (χ1) is 10.7. The van der Waals surface area contributed by atoms with Crippen molar-refractivity contribution in [1.82, 2.24) is 10.2 Å². The van der Waals surface area contributed by atoms with Crippen LogP contribution in [0.5, 0.6) is 0 Å². The summed E-state index contributed by atoms with van der Waals surface area (Å²) in [4.78, 5) is 15.0. The predicted octanol–water partition coefficient (Wildman–Crippen LogP) is 3.14. The zero-order valence-corrected chi connectivity index (χ0v) is 14.3. The Morgan fingerprint density at radius 3 is 2.48 bits per heavy atom. The van der Waals surface area contributed by atoms with Crippen molar-refractivity contribution in [2.45, 2.75) is 25.7 Å². The van der Waals surface area contributed by atoms with E-state index in [4.69, 9.17) is 0 Å². The van der Waals surface area contributed by atoms with Crippen LogP contribution in [0.15, 0.2) is 24.3 Å². The number of likely N-dealkylation sites (tertiary alicyclic amines) is 1. The van der Waals surface area contributed by atoms with Crippen LogP contribution in [0.3, 0.4) is 0 Å². The van der Waals surface area contributed by atoms with Gasteiger partial charge in [0.1, 0.15) is 5.82 Å². The molecule has 128 valence electrons.